The third-order valence-electron chi connectivity index (χ3n) is 3.21. The van der Waals surface area contributed by atoms with Gasteiger partial charge in [-0.3, -0.25) is 4.98 Å². The molecule has 0 radical (unpaired) electrons. The van der Waals surface area contributed by atoms with Crippen LogP contribution in [0.15, 0.2) is 42.6 Å². The molecule has 0 aliphatic rings. The molecule has 1 aromatic carbocycles. The maximum Gasteiger partial charge on any atom is 0.416 e. The summed E-state index contributed by atoms with van der Waals surface area (Å²) in [5.74, 6) is 0. The van der Waals surface area contributed by atoms with E-state index < -0.39 is 11.7 Å². The van der Waals surface area contributed by atoms with Crippen LogP contribution in [0.1, 0.15) is 35.3 Å². The Labute approximate surface area is 122 Å². The van der Waals surface area contributed by atoms with E-state index in [0.29, 0.717) is 12.1 Å². The summed E-state index contributed by atoms with van der Waals surface area (Å²) in [4.78, 5) is 4.13. The predicted octanol–water partition coefficient (Wildman–Crippen LogP) is 4.11. The van der Waals surface area contributed by atoms with Crippen molar-refractivity contribution >= 4 is 0 Å². The molecule has 1 unspecified atom stereocenters. The number of aromatic nitrogens is 1. The molecule has 2 aromatic rings. The van der Waals surface area contributed by atoms with Crippen LogP contribution < -0.4 is 5.32 Å². The molecule has 2 nitrogen and oxygen atoms in total. The van der Waals surface area contributed by atoms with Crippen LogP contribution in [0.2, 0.25) is 0 Å². The second-order valence-electron chi connectivity index (χ2n) is 4.84. The van der Waals surface area contributed by atoms with Gasteiger partial charge in [-0.1, -0.05) is 19.1 Å². The molecule has 0 bridgehead atoms. The highest BCUT2D eigenvalue weighted by atomic mass is 19.4. The highest BCUT2D eigenvalue weighted by molar-refractivity contribution is 5.35. The number of pyridine rings is 1. The Hall–Kier alpha value is -1.88. The standard InChI is InChI=1S/C16H17F3N2/c1-3-20-15(13-7-8-21-11(2)9-13)12-5-4-6-14(10-12)16(17,18)19/h4-10,15,20H,3H2,1-2H3. The van der Waals surface area contributed by atoms with Crippen molar-refractivity contribution in [3.8, 4) is 0 Å². The fourth-order valence-electron chi connectivity index (χ4n) is 2.27. The molecule has 1 atom stereocenters. The lowest BCUT2D eigenvalue weighted by atomic mass is 9.97. The topological polar surface area (TPSA) is 24.9 Å². The van der Waals surface area contributed by atoms with Gasteiger partial charge in [0.05, 0.1) is 11.6 Å². The van der Waals surface area contributed by atoms with Gasteiger partial charge in [-0.25, -0.2) is 0 Å². The minimum atomic E-state index is -4.33. The van der Waals surface area contributed by atoms with Gasteiger partial charge in [0, 0.05) is 11.9 Å². The van der Waals surface area contributed by atoms with Crippen molar-refractivity contribution in [3.05, 3.63) is 65.0 Å². The van der Waals surface area contributed by atoms with E-state index in [0.717, 1.165) is 17.3 Å². The first-order valence-electron chi connectivity index (χ1n) is 6.75. The molecule has 0 spiro atoms. The van der Waals surface area contributed by atoms with Gasteiger partial charge in [0.25, 0.3) is 0 Å². The van der Waals surface area contributed by atoms with E-state index in [1.807, 2.05) is 26.0 Å². The number of hydrogen-bond donors (Lipinski definition) is 1. The van der Waals surface area contributed by atoms with Crippen LogP contribution in [-0.2, 0) is 6.18 Å². The molecule has 1 aromatic heterocycles. The maximum atomic E-state index is 12.9. The average molecular weight is 294 g/mol. The number of benzene rings is 1. The van der Waals surface area contributed by atoms with Crippen molar-refractivity contribution in [2.45, 2.75) is 26.1 Å². The maximum absolute atomic E-state index is 12.9. The molecule has 5 heteroatoms. The SMILES string of the molecule is CCNC(c1cccc(C(F)(F)F)c1)c1ccnc(C)c1. The molecule has 0 saturated carbocycles. The summed E-state index contributed by atoms with van der Waals surface area (Å²) < 4.78 is 38.6. The van der Waals surface area contributed by atoms with E-state index in [4.69, 9.17) is 0 Å². The van der Waals surface area contributed by atoms with Crippen LogP contribution >= 0.6 is 0 Å². The third-order valence-corrected chi connectivity index (χ3v) is 3.21. The Morgan fingerprint density at radius 1 is 1.14 bits per heavy atom. The second-order valence-corrected chi connectivity index (χ2v) is 4.84. The van der Waals surface area contributed by atoms with Crippen molar-refractivity contribution < 1.29 is 13.2 Å². The lowest BCUT2D eigenvalue weighted by Crippen LogP contribution is -2.22. The smallest absolute Gasteiger partial charge is 0.307 e. The Morgan fingerprint density at radius 2 is 1.86 bits per heavy atom. The predicted molar refractivity (Wildman–Crippen MR) is 75.9 cm³/mol. The van der Waals surface area contributed by atoms with E-state index in [1.165, 1.54) is 12.1 Å². The normalized spacial score (nSPS) is 13.2. The Morgan fingerprint density at radius 3 is 2.48 bits per heavy atom. The summed E-state index contributed by atoms with van der Waals surface area (Å²) in [5, 5.41) is 3.23. The summed E-state index contributed by atoms with van der Waals surface area (Å²) in [6.45, 7) is 4.44. The Kier molecular flexibility index (Phi) is 4.63. The van der Waals surface area contributed by atoms with Crippen molar-refractivity contribution in [1.29, 1.82) is 0 Å². The number of hydrogen-bond acceptors (Lipinski definition) is 2. The van der Waals surface area contributed by atoms with E-state index in [-0.39, 0.29) is 6.04 Å². The quantitative estimate of drug-likeness (QED) is 0.918. The zero-order chi connectivity index (χ0) is 15.5. The van der Waals surface area contributed by atoms with Crippen LogP contribution in [0.4, 0.5) is 13.2 Å². The molecule has 0 saturated heterocycles. The molecule has 0 aliphatic heterocycles. The fraction of sp³-hybridized carbons (Fsp3) is 0.312. The number of rotatable bonds is 4. The molecule has 1 N–H and O–H groups in total. The summed E-state index contributed by atoms with van der Waals surface area (Å²) in [6.07, 6.45) is -2.66. The monoisotopic (exact) mass is 294 g/mol. The number of alkyl halides is 3. The second kappa shape index (κ2) is 6.26. The summed E-state index contributed by atoms with van der Waals surface area (Å²) >= 11 is 0. The molecule has 112 valence electrons. The lowest BCUT2D eigenvalue weighted by molar-refractivity contribution is -0.137. The van der Waals surface area contributed by atoms with Crippen molar-refractivity contribution in [3.63, 3.8) is 0 Å². The van der Waals surface area contributed by atoms with E-state index in [2.05, 4.69) is 10.3 Å². The van der Waals surface area contributed by atoms with Gasteiger partial charge in [0.15, 0.2) is 0 Å². The zero-order valence-electron chi connectivity index (χ0n) is 11.9. The number of halogens is 3. The van der Waals surface area contributed by atoms with Crippen molar-refractivity contribution in [2.75, 3.05) is 6.54 Å². The average Bonchev–Trinajstić information content (AvgIpc) is 2.44. The van der Waals surface area contributed by atoms with Gasteiger partial charge in [0.2, 0.25) is 0 Å². The zero-order valence-corrected chi connectivity index (χ0v) is 11.9. The van der Waals surface area contributed by atoms with Crippen LogP contribution in [0.25, 0.3) is 0 Å². The lowest BCUT2D eigenvalue weighted by Gasteiger charge is -2.20. The van der Waals surface area contributed by atoms with Gasteiger partial charge in [-0.05, 0) is 48.9 Å². The first kappa shape index (κ1) is 15.5. The van der Waals surface area contributed by atoms with Gasteiger partial charge >= 0.3 is 6.18 Å². The van der Waals surface area contributed by atoms with E-state index >= 15 is 0 Å². The third kappa shape index (κ3) is 3.82. The first-order chi connectivity index (χ1) is 9.91. The van der Waals surface area contributed by atoms with Crippen LogP contribution in [-0.4, -0.2) is 11.5 Å². The van der Waals surface area contributed by atoms with E-state index in [1.54, 1.807) is 12.3 Å². The minimum absolute atomic E-state index is 0.279. The number of aryl methyl sites for hydroxylation is 1. The molecular weight excluding hydrogens is 277 g/mol. The molecule has 21 heavy (non-hydrogen) atoms. The molecular formula is C16H17F3N2. The molecule has 2 rings (SSSR count). The van der Waals surface area contributed by atoms with Crippen molar-refractivity contribution in [2.24, 2.45) is 0 Å². The fourth-order valence-corrected chi connectivity index (χ4v) is 2.27. The van der Waals surface area contributed by atoms with Gasteiger partial charge in [0.1, 0.15) is 0 Å². The highest BCUT2D eigenvalue weighted by Crippen LogP contribution is 2.32. The Balaban J connectivity index is 2.43. The van der Waals surface area contributed by atoms with E-state index in [9.17, 15) is 13.2 Å². The van der Waals surface area contributed by atoms with Gasteiger partial charge < -0.3 is 5.32 Å². The van der Waals surface area contributed by atoms with Gasteiger partial charge in [-0.15, -0.1) is 0 Å². The van der Waals surface area contributed by atoms with Crippen LogP contribution in [0, 0.1) is 6.92 Å². The molecule has 0 fully saturated rings. The molecule has 0 amide bonds. The van der Waals surface area contributed by atoms with Gasteiger partial charge in [-0.2, -0.15) is 13.2 Å². The largest absolute Gasteiger partial charge is 0.416 e. The summed E-state index contributed by atoms with van der Waals surface area (Å²) in [6, 6.07) is 8.86. The molecule has 1 heterocycles. The highest BCUT2D eigenvalue weighted by Gasteiger charge is 2.31. The number of nitrogens with one attached hydrogen (secondary N) is 1. The molecule has 0 aliphatic carbocycles. The summed E-state index contributed by atoms with van der Waals surface area (Å²) in [5.41, 5.74) is 1.71. The number of nitrogens with zero attached hydrogens (tertiary/aromatic N) is 1. The van der Waals surface area contributed by atoms with Crippen molar-refractivity contribution in [1.82, 2.24) is 10.3 Å². The first-order valence-corrected chi connectivity index (χ1v) is 6.75. The minimum Gasteiger partial charge on any atom is -0.307 e. The van der Waals surface area contributed by atoms with Crippen LogP contribution in [0.3, 0.4) is 0 Å². The van der Waals surface area contributed by atoms with Crippen LogP contribution in [0.5, 0.6) is 0 Å². The Bertz CT molecular complexity index is 608. The summed E-state index contributed by atoms with van der Waals surface area (Å²) in [7, 11) is 0.